The molecule has 1 aromatic carbocycles. The third kappa shape index (κ3) is 5.95. The molecule has 112 valence electrons. The standard InChI is InChI=1S/C16H24BrNO2/c1-4-13(9-10-17)11-18-16(19)14-5-7-15(8-6-14)20-12(2)3/h5-8,12-13H,4,9-11H2,1-3H3,(H,18,19). The molecule has 0 saturated carbocycles. The molecule has 1 unspecified atom stereocenters. The van der Waals surface area contributed by atoms with Gasteiger partial charge in [0.2, 0.25) is 0 Å². The van der Waals surface area contributed by atoms with Crippen molar-refractivity contribution >= 4 is 21.8 Å². The van der Waals surface area contributed by atoms with E-state index in [2.05, 4.69) is 28.2 Å². The first-order valence-electron chi connectivity index (χ1n) is 7.17. The van der Waals surface area contributed by atoms with Gasteiger partial charge in [-0.25, -0.2) is 0 Å². The largest absolute Gasteiger partial charge is 0.491 e. The minimum absolute atomic E-state index is 0.0193. The van der Waals surface area contributed by atoms with Gasteiger partial charge in [0.15, 0.2) is 0 Å². The summed E-state index contributed by atoms with van der Waals surface area (Å²) in [7, 11) is 0. The molecule has 4 heteroatoms. The molecule has 0 aliphatic carbocycles. The lowest BCUT2D eigenvalue weighted by Gasteiger charge is -2.14. The zero-order chi connectivity index (χ0) is 15.0. The van der Waals surface area contributed by atoms with Crippen molar-refractivity contribution < 1.29 is 9.53 Å². The number of carbonyl (C=O) groups is 1. The van der Waals surface area contributed by atoms with E-state index in [9.17, 15) is 4.79 Å². The Morgan fingerprint density at radius 1 is 1.30 bits per heavy atom. The Morgan fingerprint density at radius 3 is 2.45 bits per heavy atom. The highest BCUT2D eigenvalue weighted by Gasteiger charge is 2.10. The van der Waals surface area contributed by atoms with Crippen LogP contribution in [0, 0.1) is 5.92 Å². The van der Waals surface area contributed by atoms with Crippen molar-refractivity contribution in [1.82, 2.24) is 5.32 Å². The van der Waals surface area contributed by atoms with Gasteiger partial charge < -0.3 is 10.1 Å². The first kappa shape index (κ1) is 17.0. The lowest BCUT2D eigenvalue weighted by Crippen LogP contribution is -2.29. The number of ether oxygens (including phenoxy) is 1. The highest BCUT2D eigenvalue weighted by atomic mass is 79.9. The predicted molar refractivity (Wildman–Crippen MR) is 86.7 cm³/mol. The molecule has 0 fully saturated rings. The first-order chi connectivity index (χ1) is 9.56. The van der Waals surface area contributed by atoms with Gasteiger partial charge in [0, 0.05) is 17.4 Å². The molecule has 1 amide bonds. The minimum atomic E-state index is -0.0193. The topological polar surface area (TPSA) is 38.3 Å². The van der Waals surface area contributed by atoms with Crippen LogP contribution in [0.15, 0.2) is 24.3 Å². The second kappa shape index (κ2) is 9.01. The third-order valence-electron chi connectivity index (χ3n) is 3.13. The Labute approximate surface area is 130 Å². The van der Waals surface area contributed by atoms with Crippen LogP contribution >= 0.6 is 15.9 Å². The number of halogens is 1. The molecule has 1 atom stereocenters. The van der Waals surface area contributed by atoms with Crippen molar-refractivity contribution in [2.45, 2.75) is 39.7 Å². The lowest BCUT2D eigenvalue weighted by molar-refractivity contribution is 0.0946. The summed E-state index contributed by atoms with van der Waals surface area (Å²) in [5, 5.41) is 3.97. The second-order valence-electron chi connectivity index (χ2n) is 5.15. The maximum absolute atomic E-state index is 12.0. The van der Waals surface area contributed by atoms with Crippen LogP contribution in [0.1, 0.15) is 44.0 Å². The molecule has 0 bridgehead atoms. The maximum atomic E-state index is 12.0. The zero-order valence-corrected chi connectivity index (χ0v) is 14.1. The molecule has 1 aromatic rings. The number of hydrogen-bond donors (Lipinski definition) is 1. The molecule has 0 saturated heterocycles. The Morgan fingerprint density at radius 2 is 1.95 bits per heavy atom. The molecule has 0 spiro atoms. The van der Waals surface area contributed by atoms with Gasteiger partial charge in [-0.2, -0.15) is 0 Å². The smallest absolute Gasteiger partial charge is 0.251 e. The monoisotopic (exact) mass is 341 g/mol. The zero-order valence-electron chi connectivity index (χ0n) is 12.5. The number of carbonyl (C=O) groups excluding carboxylic acids is 1. The van der Waals surface area contributed by atoms with Crippen LogP contribution in [0.4, 0.5) is 0 Å². The molecule has 0 radical (unpaired) electrons. The van der Waals surface area contributed by atoms with Gasteiger partial charge in [-0.15, -0.1) is 0 Å². The molecule has 3 nitrogen and oxygen atoms in total. The van der Waals surface area contributed by atoms with Crippen molar-refractivity contribution in [2.75, 3.05) is 11.9 Å². The number of benzene rings is 1. The van der Waals surface area contributed by atoms with Crippen molar-refractivity contribution in [3.8, 4) is 5.75 Å². The van der Waals surface area contributed by atoms with Crippen LogP contribution < -0.4 is 10.1 Å². The van der Waals surface area contributed by atoms with Crippen molar-refractivity contribution in [2.24, 2.45) is 5.92 Å². The van der Waals surface area contributed by atoms with Crippen LogP contribution in [0.5, 0.6) is 5.75 Å². The summed E-state index contributed by atoms with van der Waals surface area (Å²) >= 11 is 3.44. The Balaban J connectivity index is 2.51. The highest BCUT2D eigenvalue weighted by molar-refractivity contribution is 9.09. The van der Waals surface area contributed by atoms with E-state index in [4.69, 9.17) is 4.74 Å². The first-order valence-corrected chi connectivity index (χ1v) is 8.29. The molecule has 0 aliphatic rings. The summed E-state index contributed by atoms with van der Waals surface area (Å²) < 4.78 is 5.56. The summed E-state index contributed by atoms with van der Waals surface area (Å²) in [5.41, 5.74) is 0.676. The number of hydrogen-bond acceptors (Lipinski definition) is 2. The van der Waals surface area contributed by atoms with E-state index in [0.717, 1.165) is 30.5 Å². The summed E-state index contributed by atoms with van der Waals surface area (Å²) in [6.45, 7) is 6.84. The van der Waals surface area contributed by atoms with Gasteiger partial charge in [0.05, 0.1) is 6.10 Å². The Bertz CT molecular complexity index is 403. The molecule has 0 aliphatic heterocycles. The van der Waals surface area contributed by atoms with E-state index in [1.165, 1.54) is 0 Å². The fraction of sp³-hybridized carbons (Fsp3) is 0.562. The number of rotatable bonds is 8. The van der Waals surface area contributed by atoms with Crippen molar-refractivity contribution in [3.63, 3.8) is 0 Å². The van der Waals surface area contributed by atoms with Crippen molar-refractivity contribution in [1.29, 1.82) is 0 Å². The second-order valence-corrected chi connectivity index (χ2v) is 5.95. The number of amides is 1. The minimum Gasteiger partial charge on any atom is -0.491 e. The van der Waals surface area contributed by atoms with Gasteiger partial charge in [-0.05, 0) is 50.5 Å². The summed E-state index contributed by atoms with van der Waals surface area (Å²) in [4.78, 5) is 12.0. The van der Waals surface area contributed by atoms with E-state index in [1.54, 1.807) is 12.1 Å². The lowest BCUT2D eigenvalue weighted by atomic mass is 10.0. The fourth-order valence-electron chi connectivity index (χ4n) is 1.90. The predicted octanol–water partition coefficient (Wildman–Crippen LogP) is 4.01. The van der Waals surface area contributed by atoms with Crippen LogP contribution in [-0.2, 0) is 0 Å². The number of alkyl halides is 1. The van der Waals surface area contributed by atoms with Gasteiger partial charge in [0.1, 0.15) is 5.75 Å². The van der Waals surface area contributed by atoms with Crippen molar-refractivity contribution in [3.05, 3.63) is 29.8 Å². The third-order valence-corrected chi connectivity index (χ3v) is 3.59. The molecular formula is C16H24BrNO2. The summed E-state index contributed by atoms with van der Waals surface area (Å²) in [5.74, 6) is 1.30. The van der Waals surface area contributed by atoms with E-state index in [-0.39, 0.29) is 12.0 Å². The van der Waals surface area contributed by atoms with Crippen LogP contribution in [-0.4, -0.2) is 23.9 Å². The molecule has 20 heavy (non-hydrogen) atoms. The van der Waals surface area contributed by atoms with E-state index in [0.29, 0.717) is 11.5 Å². The quantitative estimate of drug-likeness (QED) is 0.725. The van der Waals surface area contributed by atoms with E-state index >= 15 is 0 Å². The van der Waals surface area contributed by atoms with Gasteiger partial charge in [0.25, 0.3) is 5.91 Å². The Kier molecular flexibility index (Phi) is 7.67. The summed E-state index contributed by atoms with van der Waals surface area (Å²) in [6, 6.07) is 7.28. The van der Waals surface area contributed by atoms with Gasteiger partial charge >= 0.3 is 0 Å². The highest BCUT2D eigenvalue weighted by Crippen LogP contribution is 2.14. The molecule has 1 N–H and O–H groups in total. The fourth-order valence-corrected chi connectivity index (χ4v) is 2.55. The SMILES string of the molecule is CCC(CCBr)CNC(=O)c1ccc(OC(C)C)cc1. The van der Waals surface area contributed by atoms with Gasteiger partial charge in [-0.3, -0.25) is 4.79 Å². The van der Waals surface area contributed by atoms with E-state index < -0.39 is 0 Å². The average Bonchev–Trinajstić information content (AvgIpc) is 2.43. The summed E-state index contributed by atoms with van der Waals surface area (Å²) in [6.07, 6.45) is 2.30. The van der Waals surface area contributed by atoms with E-state index in [1.807, 2.05) is 26.0 Å². The Hall–Kier alpha value is -1.03. The normalized spacial score (nSPS) is 12.2. The van der Waals surface area contributed by atoms with Gasteiger partial charge in [-0.1, -0.05) is 29.3 Å². The average molecular weight is 342 g/mol. The van der Waals surface area contributed by atoms with Crippen LogP contribution in [0.3, 0.4) is 0 Å². The molecule has 0 aromatic heterocycles. The molecular weight excluding hydrogens is 318 g/mol. The molecule has 0 heterocycles. The number of nitrogens with one attached hydrogen (secondary N) is 1. The van der Waals surface area contributed by atoms with Crippen LogP contribution in [0.2, 0.25) is 0 Å². The maximum Gasteiger partial charge on any atom is 0.251 e. The molecule has 1 rings (SSSR count). The van der Waals surface area contributed by atoms with Crippen LogP contribution in [0.25, 0.3) is 0 Å².